The van der Waals surface area contributed by atoms with Gasteiger partial charge >= 0.3 is 0 Å². The van der Waals surface area contributed by atoms with Crippen molar-refractivity contribution in [2.45, 2.75) is 19.8 Å². The number of carbonyl (C=O) groups is 3. The molecule has 7 nitrogen and oxygen atoms in total. The number of hydrogen-bond donors (Lipinski definition) is 2. The van der Waals surface area contributed by atoms with Crippen LogP contribution in [0.15, 0.2) is 30.3 Å². The molecule has 0 radical (unpaired) electrons. The molecule has 2 aromatic carbocycles. The van der Waals surface area contributed by atoms with Gasteiger partial charge in [0, 0.05) is 18.1 Å². The average molecular weight is 406 g/mol. The molecule has 0 aliphatic carbocycles. The molecule has 2 amide bonds. The fourth-order valence-electron chi connectivity index (χ4n) is 2.47. The molecular weight excluding hydrogens is 386 g/mol. The second-order valence-corrected chi connectivity index (χ2v) is 6.10. The Morgan fingerprint density at radius 2 is 1.79 bits per heavy atom. The minimum absolute atomic E-state index is 0.0173. The summed E-state index contributed by atoms with van der Waals surface area (Å²) in [5.41, 5.74) is 4.62. The van der Waals surface area contributed by atoms with E-state index < -0.39 is 29.0 Å². The van der Waals surface area contributed by atoms with Crippen LogP contribution >= 0.6 is 0 Å². The van der Waals surface area contributed by atoms with Crippen molar-refractivity contribution >= 4 is 23.3 Å². The highest BCUT2D eigenvalue weighted by Crippen LogP contribution is 2.28. The number of halogens is 2. The van der Waals surface area contributed by atoms with Crippen molar-refractivity contribution in [2.24, 2.45) is 5.73 Å². The van der Waals surface area contributed by atoms with Gasteiger partial charge in [0.15, 0.2) is 17.3 Å². The number of ether oxygens (including phenoxy) is 2. The van der Waals surface area contributed by atoms with E-state index in [1.165, 1.54) is 14.0 Å². The summed E-state index contributed by atoms with van der Waals surface area (Å²) < 4.78 is 38.0. The lowest BCUT2D eigenvalue weighted by molar-refractivity contribution is -0.116. The molecule has 0 heterocycles. The third-order valence-corrected chi connectivity index (χ3v) is 3.97. The number of primary amides is 1. The van der Waals surface area contributed by atoms with E-state index in [-0.39, 0.29) is 30.9 Å². The molecular formula is C20H20F2N2O5. The van der Waals surface area contributed by atoms with Crippen molar-refractivity contribution in [3.63, 3.8) is 0 Å². The van der Waals surface area contributed by atoms with Gasteiger partial charge < -0.3 is 20.5 Å². The molecule has 0 aromatic heterocycles. The third-order valence-electron chi connectivity index (χ3n) is 3.97. The van der Waals surface area contributed by atoms with Crippen LogP contribution < -0.4 is 20.5 Å². The molecule has 3 N–H and O–H groups in total. The van der Waals surface area contributed by atoms with E-state index in [4.69, 9.17) is 15.2 Å². The SMILES string of the molecule is COc1cc(C(C)=O)ccc1OCCCC(=O)Nc1cc(C(N)=O)c(F)cc1F. The van der Waals surface area contributed by atoms with Crippen LogP contribution in [0.3, 0.4) is 0 Å². The van der Waals surface area contributed by atoms with E-state index in [0.717, 1.165) is 6.07 Å². The quantitative estimate of drug-likeness (QED) is 0.492. The molecule has 0 saturated carbocycles. The Hall–Kier alpha value is -3.49. The molecule has 0 spiro atoms. The van der Waals surface area contributed by atoms with Crippen LogP contribution in [0.1, 0.15) is 40.5 Å². The van der Waals surface area contributed by atoms with E-state index >= 15 is 0 Å². The number of nitrogens with one attached hydrogen (secondary N) is 1. The lowest BCUT2D eigenvalue weighted by atomic mass is 10.1. The van der Waals surface area contributed by atoms with Crippen molar-refractivity contribution in [3.8, 4) is 11.5 Å². The number of amides is 2. The fraction of sp³-hybridized carbons (Fsp3) is 0.250. The Balaban J connectivity index is 1.90. The molecule has 0 bridgehead atoms. The first-order valence-electron chi connectivity index (χ1n) is 8.63. The van der Waals surface area contributed by atoms with Crippen LogP contribution in [0.2, 0.25) is 0 Å². The number of benzene rings is 2. The summed E-state index contributed by atoms with van der Waals surface area (Å²) in [4.78, 5) is 34.5. The maximum atomic E-state index is 13.8. The molecule has 0 aliphatic rings. The second kappa shape index (κ2) is 9.63. The number of ketones is 1. The van der Waals surface area contributed by atoms with E-state index in [2.05, 4.69) is 5.32 Å². The summed E-state index contributed by atoms with van der Waals surface area (Å²) in [6.45, 7) is 1.59. The van der Waals surface area contributed by atoms with Gasteiger partial charge in [-0.1, -0.05) is 0 Å². The highest BCUT2D eigenvalue weighted by molar-refractivity contribution is 5.96. The minimum atomic E-state index is -1.11. The van der Waals surface area contributed by atoms with Crippen LogP contribution in [-0.2, 0) is 4.79 Å². The largest absolute Gasteiger partial charge is 0.493 e. The zero-order valence-corrected chi connectivity index (χ0v) is 15.9. The summed E-state index contributed by atoms with van der Waals surface area (Å²) >= 11 is 0. The summed E-state index contributed by atoms with van der Waals surface area (Å²) in [6, 6.07) is 6.08. The molecule has 2 rings (SSSR count). The lowest BCUT2D eigenvalue weighted by Crippen LogP contribution is -2.17. The van der Waals surface area contributed by atoms with E-state index in [9.17, 15) is 23.2 Å². The van der Waals surface area contributed by atoms with Gasteiger partial charge in [-0.15, -0.1) is 0 Å². The highest BCUT2D eigenvalue weighted by Gasteiger charge is 2.15. The molecule has 0 unspecified atom stereocenters. The molecule has 29 heavy (non-hydrogen) atoms. The van der Waals surface area contributed by atoms with Gasteiger partial charge in [0.25, 0.3) is 5.91 Å². The summed E-state index contributed by atoms with van der Waals surface area (Å²) in [6.07, 6.45) is 0.269. The number of rotatable bonds is 9. The second-order valence-electron chi connectivity index (χ2n) is 6.10. The molecule has 0 aliphatic heterocycles. The van der Waals surface area contributed by atoms with Gasteiger partial charge in [-0.25, -0.2) is 8.78 Å². The first-order valence-corrected chi connectivity index (χ1v) is 8.63. The topological polar surface area (TPSA) is 108 Å². The van der Waals surface area contributed by atoms with Crippen LogP contribution in [0.25, 0.3) is 0 Å². The van der Waals surface area contributed by atoms with Crippen LogP contribution in [0.5, 0.6) is 11.5 Å². The number of Topliss-reactive ketones (excluding diaryl/α,β-unsaturated/α-hetero) is 1. The number of methoxy groups -OCH3 is 1. The maximum absolute atomic E-state index is 13.8. The number of anilines is 1. The maximum Gasteiger partial charge on any atom is 0.251 e. The van der Waals surface area contributed by atoms with E-state index in [1.54, 1.807) is 18.2 Å². The summed E-state index contributed by atoms with van der Waals surface area (Å²) in [5, 5.41) is 2.27. The Bertz CT molecular complexity index is 947. The van der Waals surface area contributed by atoms with E-state index in [1.807, 2.05) is 0 Å². The third kappa shape index (κ3) is 5.74. The van der Waals surface area contributed by atoms with Gasteiger partial charge in [0.05, 0.1) is 25.0 Å². The molecule has 154 valence electrons. The minimum Gasteiger partial charge on any atom is -0.493 e. The van der Waals surface area contributed by atoms with Gasteiger partial charge in [-0.3, -0.25) is 14.4 Å². The van der Waals surface area contributed by atoms with Crippen LogP contribution in [-0.4, -0.2) is 31.3 Å². The predicted octanol–water partition coefficient (Wildman–Crippen LogP) is 3.07. The molecule has 9 heteroatoms. The van der Waals surface area contributed by atoms with Gasteiger partial charge in [0.1, 0.15) is 11.6 Å². The van der Waals surface area contributed by atoms with Gasteiger partial charge in [-0.05, 0) is 37.6 Å². The first kappa shape index (κ1) is 21.8. The number of nitrogens with two attached hydrogens (primary N) is 1. The number of hydrogen-bond acceptors (Lipinski definition) is 5. The first-order chi connectivity index (χ1) is 13.7. The normalized spacial score (nSPS) is 10.3. The molecule has 0 saturated heterocycles. The zero-order chi connectivity index (χ0) is 21.6. The lowest BCUT2D eigenvalue weighted by Gasteiger charge is -2.12. The Morgan fingerprint density at radius 3 is 2.41 bits per heavy atom. The standard InChI is InChI=1S/C20H20F2N2O5/c1-11(25)12-5-6-17(18(8-12)28-2)29-7-3-4-19(26)24-16-9-13(20(23)27)14(21)10-15(16)22/h5-6,8-10H,3-4,7H2,1-2H3,(H2,23,27)(H,24,26). The Labute approximate surface area is 165 Å². The summed E-state index contributed by atoms with van der Waals surface area (Å²) in [5.74, 6) is -3.06. The van der Waals surface area contributed by atoms with Crippen molar-refractivity contribution < 1.29 is 32.6 Å². The summed E-state index contributed by atoms with van der Waals surface area (Å²) in [7, 11) is 1.44. The van der Waals surface area contributed by atoms with Crippen molar-refractivity contribution in [1.29, 1.82) is 0 Å². The van der Waals surface area contributed by atoms with Crippen molar-refractivity contribution in [3.05, 3.63) is 53.1 Å². The van der Waals surface area contributed by atoms with Crippen LogP contribution in [0, 0.1) is 11.6 Å². The smallest absolute Gasteiger partial charge is 0.251 e. The van der Waals surface area contributed by atoms with Crippen LogP contribution in [0.4, 0.5) is 14.5 Å². The Morgan fingerprint density at radius 1 is 1.07 bits per heavy atom. The predicted molar refractivity (Wildman–Crippen MR) is 101 cm³/mol. The monoisotopic (exact) mass is 406 g/mol. The molecule has 2 aromatic rings. The molecule has 0 atom stereocenters. The van der Waals surface area contributed by atoms with Gasteiger partial charge in [-0.2, -0.15) is 0 Å². The zero-order valence-electron chi connectivity index (χ0n) is 15.9. The highest BCUT2D eigenvalue weighted by atomic mass is 19.1. The van der Waals surface area contributed by atoms with Crippen molar-refractivity contribution in [2.75, 3.05) is 19.0 Å². The fourth-order valence-corrected chi connectivity index (χ4v) is 2.47. The average Bonchev–Trinajstić information content (AvgIpc) is 2.66. The molecule has 0 fully saturated rings. The Kier molecular flexibility index (Phi) is 7.24. The van der Waals surface area contributed by atoms with Crippen molar-refractivity contribution in [1.82, 2.24) is 0 Å². The van der Waals surface area contributed by atoms with E-state index in [0.29, 0.717) is 23.1 Å². The number of carbonyl (C=O) groups excluding carboxylic acids is 3. The van der Waals surface area contributed by atoms with Gasteiger partial charge in [0.2, 0.25) is 5.91 Å².